The molecule has 3 aromatic rings. The van der Waals surface area contributed by atoms with E-state index < -0.39 is 35.3 Å². The molecule has 0 spiro atoms. The minimum absolute atomic E-state index is 0.204. The quantitative estimate of drug-likeness (QED) is 0.576. The monoisotopic (exact) mass is 400 g/mol. The highest BCUT2D eigenvalue weighted by molar-refractivity contribution is 5.99. The second kappa shape index (κ2) is 9.01. The molecule has 1 atom stereocenters. The lowest BCUT2D eigenvalue weighted by Crippen LogP contribution is -2.30. The summed E-state index contributed by atoms with van der Waals surface area (Å²) in [4.78, 5) is 24.7. The van der Waals surface area contributed by atoms with Crippen LogP contribution in [0.25, 0.3) is 0 Å². The van der Waals surface area contributed by atoms with Gasteiger partial charge < -0.3 is 19.8 Å². The smallest absolute Gasteiger partial charge is 0.341 e. The molecule has 0 radical (unpaired) electrons. The minimum Gasteiger partial charge on any atom is -0.467 e. The molecule has 2 N–H and O–H groups in total. The van der Waals surface area contributed by atoms with Crippen molar-refractivity contribution in [2.75, 3.05) is 10.6 Å². The van der Waals surface area contributed by atoms with Crippen molar-refractivity contribution in [1.29, 1.82) is 0 Å². The number of furan rings is 1. The molecule has 0 aliphatic rings. The summed E-state index contributed by atoms with van der Waals surface area (Å²) in [6, 6.07) is 13.3. The molecular formula is C21H18F2N2O4. The highest BCUT2D eigenvalue weighted by atomic mass is 19.1. The number of para-hydroxylation sites is 2. The molecule has 0 saturated heterocycles. The van der Waals surface area contributed by atoms with Crippen molar-refractivity contribution in [3.8, 4) is 0 Å². The summed E-state index contributed by atoms with van der Waals surface area (Å²) in [5.74, 6) is -2.80. The Morgan fingerprint density at radius 3 is 2.45 bits per heavy atom. The lowest BCUT2D eigenvalue weighted by Gasteiger charge is -2.16. The number of esters is 1. The van der Waals surface area contributed by atoms with Gasteiger partial charge in [-0.2, -0.15) is 0 Å². The number of hydrogen-bond donors (Lipinski definition) is 2. The van der Waals surface area contributed by atoms with Gasteiger partial charge in [0.05, 0.1) is 18.4 Å². The van der Waals surface area contributed by atoms with E-state index in [1.165, 1.54) is 25.3 Å². The Morgan fingerprint density at radius 2 is 1.76 bits per heavy atom. The van der Waals surface area contributed by atoms with Crippen molar-refractivity contribution in [2.45, 2.75) is 19.6 Å². The van der Waals surface area contributed by atoms with Gasteiger partial charge in [0, 0.05) is 5.69 Å². The molecule has 3 rings (SSSR count). The van der Waals surface area contributed by atoms with Crippen LogP contribution in [-0.2, 0) is 16.1 Å². The zero-order chi connectivity index (χ0) is 20.8. The van der Waals surface area contributed by atoms with Gasteiger partial charge in [-0.05, 0) is 43.3 Å². The van der Waals surface area contributed by atoms with E-state index in [9.17, 15) is 18.4 Å². The number of amides is 1. The average Bonchev–Trinajstić information content (AvgIpc) is 3.23. The molecule has 0 aliphatic carbocycles. The number of carbonyl (C=O) groups is 2. The molecule has 1 heterocycles. The molecule has 2 aromatic carbocycles. The normalized spacial score (nSPS) is 11.6. The summed E-state index contributed by atoms with van der Waals surface area (Å²) in [6.45, 7) is 1.66. The Balaban J connectivity index is 1.65. The topological polar surface area (TPSA) is 80.6 Å². The predicted octanol–water partition coefficient (Wildman–Crippen LogP) is 4.35. The number of benzene rings is 2. The second-order valence-corrected chi connectivity index (χ2v) is 6.11. The molecule has 6 nitrogen and oxygen atoms in total. The van der Waals surface area contributed by atoms with E-state index in [4.69, 9.17) is 9.15 Å². The van der Waals surface area contributed by atoms with Gasteiger partial charge in [-0.3, -0.25) is 4.79 Å². The van der Waals surface area contributed by atoms with Crippen LogP contribution in [0.4, 0.5) is 20.2 Å². The van der Waals surface area contributed by atoms with Gasteiger partial charge in [0.1, 0.15) is 23.1 Å². The van der Waals surface area contributed by atoms with Crippen LogP contribution >= 0.6 is 0 Å². The lowest BCUT2D eigenvalue weighted by molar-refractivity contribution is -0.123. The van der Waals surface area contributed by atoms with Gasteiger partial charge >= 0.3 is 5.97 Å². The number of hydrogen-bond acceptors (Lipinski definition) is 5. The lowest BCUT2D eigenvalue weighted by atomic mass is 10.1. The van der Waals surface area contributed by atoms with Crippen molar-refractivity contribution in [3.63, 3.8) is 0 Å². The first-order valence-corrected chi connectivity index (χ1v) is 8.77. The Bertz CT molecular complexity index is 985. The summed E-state index contributed by atoms with van der Waals surface area (Å²) in [5.41, 5.74) is 0.0957. The first kappa shape index (κ1) is 20.1. The maximum Gasteiger partial charge on any atom is 0.341 e. The molecule has 0 saturated carbocycles. The van der Waals surface area contributed by atoms with Gasteiger partial charge in [0.25, 0.3) is 5.91 Å². The molecular weight excluding hydrogens is 382 g/mol. The highest BCUT2D eigenvalue weighted by Crippen LogP contribution is 2.20. The molecule has 29 heavy (non-hydrogen) atoms. The minimum atomic E-state index is -1.28. The Morgan fingerprint density at radius 1 is 1.03 bits per heavy atom. The van der Waals surface area contributed by atoms with Crippen molar-refractivity contribution >= 4 is 23.3 Å². The van der Waals surface area contributed by atoms with E-state index in [0.29, 0.717) is 18.0 Å². The standard InChI is InChI=1S/C21H18F2N2O4/c1-13(20(26)25-19-16(22)8-4-9-17(19)23)29-21(27)15-7-2-3-10-18(15)24-12-14-6-5-11-28-14/h2-11,13,24H,12H2,1H3,(H,25,26)/t13-/m1/s1. The van der Waals surface area contributed by atoms with Crippen LogP contribution in [0.15, 0.2) is 65.3 Å². The first-order valence-electron chi connectivity index (χ1n) is 8.77. The summed E-state index contributed by atoms with van der Waals surface area (Å²) in [5, 5.41) is 5.16. The van der Waals surface area contributed by atoms with Gasteiger partial charge in [0.15, 0.2) is 6.10 Å². The second-order valence-electron chi connectivity index (χ2n) is 6.11. The Labute approximate surface area is 165 Å². The van der Waals surface area contributed by atoms with E-state index in [2.05, 4.69) is 10.6 Å². The molecule has 1 amide bonds. The molecule has 0 aliphatic heterocycles. The molecule has 0 unspecified atom stereocenters. The van der Waals surface area contributed by atoms with E-state index >= 15 is 0 Å². The molecule has 150 valence electrons. The number of halogens is 2. The molecule has 1 aromatic heterocycles. The first-order chi connectivity index (χ1) is 14.0. The Kier molecular flexibility index (Phi) is 6.23. The fraction of sp³-hybridized carbons (Fsp3) is 0.143. The van der Waals surface area contributed by atoms with Gasteiger partial charge in [-0.15, -0.1) is 0 Å². The van der Waals surface area contributed by atoms with Crippen molar-refractivity contribution in [1.82, 2.24) is 0 Å². The van der Waals surface area contributed by atoms with Crippen LogP contribution in [0.5, 0.6) is 0 Å². The van der Waals surface area contributed by atoms with E-state index in [1.807, 2.05) is 0 Å². The largest absolute Gasteiger partial charge is 0.467 e. The summed E-state index contributed by atoms with van der Waals surface area (Å²) in [7, 11) is 0. The van der Waals surface area contributed by atoms with Gasteiger partial charge in [-0.25, -0.2) is 13.6 Å². The third-order valence-corrected chi connectivity index (χ3v) is 4.04. The van der Waals surface area contributed by atoms with Crippen LogP contribution < -0.4 is 10.6 Å². The van der Waals surface area contributed by atoms with Crippen molar-refractivity contribution in [3.05, 3.63) is 83.8 Å². The van der Waals surface area contributed by atoms with Crippen molar-refractivity contribution in [2.24, 2.45) is 0 Å². The highest BCUT2D eigenvalue weighted by Gasteiger charge is 2.22. The van der Waals surface area contributed by atoms with Crippen LogP contribution in [0.2, 0.25) is 0 Å². The summed E-state index contributed by atoms with van der Waals surface area (Å²) < 4.78 is 37.8. The Hall–Kier alpha value is -3.68. The number of rotatable bonds is 7. The zero-order valence-corrected chi connectivity index (χ0v) is 15.4. The van der Waals surface area contributed by atoms with E-state index in [0.717, 1.165) is 12.1 Å². The van der Waals surface area contributed by atoms with Crippen LogP contribution in [-0.4, -0.2) is 18.0 Å². The number of nitrogens with one attached hydrogen (secondary N) is 2. The molecule has 0 fully saturated rings. The number of ether oxygens (including phenoxy) is 1. The average molecular weight is 400 g/mol. The third-order valence-electron chi connectivity index (χ3n) is 4.04. The van der Waals surface area contributed by atoms with E-state index in [-0.39, 0.29) is 5.56 Å². The van der Waals surface area contributed by atoms with Crippen LogP contribution in [0.3, 0.4) is 0 Å². The zero-order valence-electron chi connectivity index (χ0n) is 15.4. The van der Waals surface area contributed by atoms with Crippen LogP contribution in [0.1, 0.15) is 23.0 Å². The van der Waals surface area contributed by atoms with Gasteiger partial charge in [-0.1, -0.05) is 18.2 Å². The van der Waals surface area contributed by atoms with Crippen molar-refractivity contribution < 1.29 is 27.5 Å². The molecule has 0 bridgehead atoms. The van der Waals surface area contributed by atoms with Crippen LogP contribution in [0, 0.1) is 11.6 Å². The SMILES string of the molecule is C[C@@H](OC(=O)c1ccccc1NCc1ccco1)C(=O)Nc1c(F)cccc1F. The number of anilines is 2. The van der Waals surface area contributed by atoms with E-state index in [1.54, 1.807) is 30.3 Å². The fourth-order valence-electron chi connectivity index (χ4n) is 2.53. The van der Waals surface area contributed by atoms with Gasteiger partial charge in [0.2, 0.25) is 0 Å². The number of carbonyl (C=O) groups excluding carboxylic acids is 2. The maximum absolute atomic E-state index is 13.7. The third kappa shape index (κ3) is 4.98. The fourth-order valence-corrected chi connectivity index (χ4v) is 2.53. The maximum atomic E-state index is 13.7. The summed E-state index contributed by atoms with van der Waals surface area (Å²) >= 11 is 0. The molecule has 8 heteroatoms. The summed E-state index contributed by atoms with van der Waals surface area (Å²) in [6.07, 6.45) is 0.259. The predicted molar refractivity (Wildman–Crippen MR) is 102 cm³/mol.